The summed E-state index contributed by atoms with van der Waals surface area (Å²) in [5.41, 5.74) is 1.30. The van der Waals surface area contributed by atoms with Gasteiger partial charge in [-0.05, 0) is 42.7 Å². The molecule has 2 aromatic carbocycles. The number of benzene rings is 2. The number of carbonyl (C=O) groups excluding carboxylic acids is 1. The minimum absolute atomic E-state index is 0.0338. The van der Waals surface area contributed by atoms with Crippen LogP contribution in [0.5, 0.6) is 5.75 Å². The minimum atomic E-state index is -0.521. The van der Waals surface area contributed by atoms with E-state index in [1.165, 1.54) is 31.4 Å². The first-order chi connectivity index (χ1) is 14.4. The lowest BCUT2D eigenvalue weighted by atomic mass is 10.1. The molecule has 0 unspecified atom stereocenters. The molecule has 0 aliphatic carbocycles. The van der Waals surface area contributed by atoms with Crippen molar-refractivity contribution >= 4 is 11.7 Å². The van der Waals surface area contributed by atoms with Crippen molar-refractivity contribution in [2.45, 2.75) is 12.8 Å². The van der Waals surface area contributed by atoms with Crippen LogP contribution in [0, 0.1) is 11.6 Å². The zero-order valence-corrected chi connectivity index (χ0v) is 17.0. The number of amides is 1. The molecule has 0 bridgehead atoms. The molecule has 0 saturated carbocycles. The Kier molecular flexibility index (Phi) is 6.66. The van der Waals surface area contributed by atoms with Crippen LogP contribution < -0.4 is 15.0 Å². The molecular formula is C22H23F2N3O3. The van der Waals surface area contributed by atoms with E-state index in [2.05, 4.69) is 10.5 Å². The molecule has 0 fully saturated rings. The molecule has 0 aliphatic heterocycles. The van der Waals surface area contributed by atoms with Gasteiger partial charge in [0.05, 0.1) is 7.11 Å². The summed E-state index contributed by atoms with van der Waals surface area (Å²) in [4.78, 5) is 14.6. The topological polar surface area (TPSA) is 67.6 Å². The largest absolute Gasteiger partial charge is 0.494 e. The van der Waals surface area contributed by atoms with Crippen LogP contribution in [-0.4, -0.2) is 38.8 Å². The Labute approximate surface area is 173 Å². The number of halogens is 2. The summed E-state index contributed by atoms with van der Waals surface area (Å²) in [5, 5.41) is 6.81. The van der Waals surface area contributed by atoms with Gasteiger partial charge in [0.1, 0.15) is 11.4 Å². The molecule has 0 spiro atoms. The maximum Gasteiger partial charge on any atom is 0.259 e. The zero-order valence-electron chi connectivity index (χ0n) is 17.0. The van der Waals surface area contributed by atoms with Gasteiger partial charge in [0.2, 0.25) is 0 Å². The van der Waals surface area contributed by atoms with Crippen molar-refractivity contribution in [2.75, 3.05) is 32.6 Å². The monoisotopic (exact) mass is 415 g/mol. The minimum Gasteiger partial charge on any atom is -0.494 e. The predicted molar refractivity (Wildman–Crippen MR) is 110 cm³/mol. The number of aryl methyl sites for hydroxylation is 1. The Hall–Kier alpha value is -3.42. The lowest BCUT2D eigenvalue weighted by Crippen LogP contribution is -2.27. The smallest absolute Gasteiger partial charge is 0.259 e. The number of carbonyl (C=O) groups is 1. The number of methoxy groups -OCH3 is 1. The van der Waals surface area contributed by atoms with Crippen molar-refractivity contribution in [3.8, 4) is 17.1 Å². The molecule has 1 N–H and O–H groups in total. The van der Waals surface area contributed by atoms with E-state index in [4.69, 9.17) is 9.26 Å². The number of ether oxygens (including phenoxy) is 1. The average molecular weight is 415 g/mol. The third-order valence-electron chi connectivity index (χ3n) is 4.60. The molecule has 1 heterocycles. The average Bonchev–Trinajstić information content (AvgIpc) is 3.18. The highest BCUT2D eigenvalue weighted by atomic mass is 19.1. The van der Waals surface area contributed by atoms with Gasteiger partial charge in [0.15, 0.2) is 23.1 Å². The molecular weight excluding hydrogens is 392 g/mol. The quantitative estimate of drug-likeness (QED) is 0.562. The van der Waals surface area contributed by atoms with Crippen molar-refractivity contribution in [1.82, 2.24) is 10.5 Å². The van der Waals surface area contributed by atoms with Gasteiger partial charge in [0, 0.05) is 26.2 Å². The first kappa shape index (κ1) is 21.3. The van der Waals surface area contributed by atoms with Gasteiger partial charge >= 0.3 is 0 Å². The zero-order chi connectivity index (χ0) is 21.7. The molecule has 0 aliphatic rings. The van der Waals surface area contributed by atoms with Crippen molar-refractivity contribution in [3.05, 3.63) is 65.2 Å². The van der Waals surface area contributed by atoms with Crippen LogP contribution in [0.4, 0.5) is 14.6 Å². The molecule has 1 aromatic heterocycles. The second-order valence-electron chi connectivity index (χ2n) is 6.90. The summed E-state index contributed by atoms with van der Waals surface area (Å²) in [7, 11) is 4.83. The van der Waals surface area contributed by atoms with Crippen molar-refractivity contribution < 1.29 is 22.8 Å². The van der Waals surface area contributed by atoms with Crippen LogP contribution >= 0.6 is 0 Å². The molecule has 1 amide bonds. The van der Waals surface area contributed by atoms with Gasteiger partial charge in [-0.1, -0.05) is 23.4 Å². The summed E-state index contributed by atoms with van der Waals surface area (Å²) in [6, 6.07) is 10.7. The molecule has 8 heteroatoms. The fourth-order valence-corrected chi connectivity index (χ4v) is 3.06. The molecule has 3 aromatic rings. The summed E-state index contributed by atoms with van der Waals surface area (Å²) < 4.78 is 37.9. The predicted octanol–water partition coefficient (Wildman–Crippen LogP) is 4.06. The molecule has 158 valence electrons. The first-order valence-corrected chi connectivity index (χ1v) is 9.45. The normalized spacial score (nSPS) is 10.7. The van der Waals surface area contributed by atoms with Gasteiger partial charge < -0.3 is 19.5 Å². The Morgan fingerprint density at radius 1 is 1.17 bits per heavy atom. The molecule has 3 rings (SSSR count). The van der Waals surface area contributed by atoms with Crippen LogP contribution in [0.15, 0.2) is 47.0 Å². The van der Waals surface area contributed by atoms with Gasteiger partial charge in [-0.25, -0.2) is 8.78 Å². The first-order valence-electron chi connectivity index (χ1n) is 9.45. The van der Waals surface area contributed by atoms with Gasteiger partial charge in [-0.15, -0.1) is 0 Å². The van der Waals surface area contributed by atoms with E-state index in [1.54, 1.807) is 37.2 Å². The van der Waals surface area contributed by atoms with Crippen molar-refractivity contribution in [3.63, 3.8) is 0 Å². The Morgan fingerprint density at radius 2 is 1.93 bits per heavy atom. The van der Waals surface area contributed by atoms with E-state index in [0.717, 1.165) is 0 Å². The fraction of sp³-hybridized carbons (Fsp3) is 0.273. The molecule has 0 radical (unpaired) electrons. The summed E-state index contributed by atoms with van der Waals surface area (Å²) in [6.07, 6.45) is 1.06. The maximum atomic E-state index is 13.8. The van der Waals surface area contributed by atoms with Crippen molar-refractivity contribution in [2.24, 2.45) is 0 Å². The van der Waals surface area contributed by atoms with E-state index in [-0.39, 0.29) is 28.8 Å². The number of hydrogen-bond donors (Lipinski definition) is 1. The molecule has 6 nitrogen and oxygen atoms in total. The molecule has 30 heavy (non-hydrogen) atoms. The number of rotatable bonds is 8. The fourth-order valence-electron chi connectivity index (χ4n) is 3.06. The van der Waals surface area contributed by atoms with Gasteiger partial charge in [0.25, 0.3) is 5.91 Å². The summed E-state index contributed by atoms with van der Waals surface area (Å²) in [6.45, 7) is 0.345. The van der Waals surface area contributed by atoms with E-state index in [9.17, 15) is 13.6 Å². The molecule has 0 atom stereocenters. The Morgan fingerprint density at radius 3 is 2.63 bits per heavy atom. The van der Waals surface area contributed by atoms with Crippen molar-refractivity contribution in [1.29, 1.82) is 0 Å². The van der Waals surface area contributed by atoms with E-state index in [1.807, 2.05) is 0 Å². The number of hydrogen-bond acceptors (Lipinski definition) is 5. The van der Waals surface area contributed by atoms with E-state index in [0.29, 0.717) is 36.3 Å². The van der Waals surface area contributed by atoms with Crippen LogP contribution in [0.2, 0.25) is 0 Å². The Balaban J connectivity index is 1.77. The highest BCUT2D eigenvalue weighted by Gasteiger charge is 2.26. The van der Waals surface area contributed by atoms with Gasteiger partial charge in [-0.3, -0.25) is 4.79 Å². The summed E-state index contributed by atoms with van der Waals surface area (Å²) in [5.74, 6) is -0.570. The van der Waals surface area contributed by atoms with E-state index < -0.39 is 5.82 Å². The van der Waals surface area contributed by atoms with Crippen LogP contribution in [0.3, 0.4) is 0 Å². The lowest BCUT2D eigenvalue weighted by Gasteiger charge is -2.12. The Bertz CT molecular complexity index is 1030. The second-order valence-corrected chi connectivity index (χ2v) is 6.90. The third kappa shape index (κ3) is 4.59. The third-order valence-corrected chi connectivity index (χ3v) is 4.60. The highest BCUT2D eigenvalue weighted by Crippen LogP contribution is 2.33. The van der Waals surface area contributed by atoms with Crippen LogP contribution in [-0.2, 0) is 6.42 Å². The summed E-state index contributed by atoms with van der Waals surface area (Å²) >= 11 is 0. The van der Waals surface area contributed by atoms with Crippen LogP contribution in [0.25, 0.3) is 11.3 Å². The van der Waals surface area contributed by atoms with Crippen LogP contribution in [0.1, 0.15) is 22.3 Å². The number of anilines is 1. The van der Waals surface area contributed by atoms with Gasteiger partial charge in [-0.2, -0.15) is 0 Å². The number of nitrogens with zero attached hydrogens (tertiary/aromatic N) is 2. The highest BCUT2D eigenvalue weighted by molar-refractivity contribution is 6.04. The SMILES string of the molecule is COc1cc(-c2onc(N(C)C)c2C(=O)NCCCc2ccccc2F)ccc1F. The van der Waals surface area contributed by atoms with E-state index >= 15 is 0 Å². The maximum absolute atomic E-state index is 13.8. The standard InChI is InChI=1S/C22H23F2N3O3/c1-27(2)21-19(20(30-26-21)15-10-11-17(24)18(13-15)29-3)22(28)25-12-6-8-14-7-4-5-9-16(14)23/h4-5,7,9-11,13H,6,8,12H2,1-3H3,(H,25,28). The second kappa shape index (κ2) is 9.39. The number of aromatic nitrogens is 1. The lowest BCUT2D eigenvalue weighted by molar-refractivity contribution is 0.0954. The molecule has 0 saturated heterocycles. The number of nitrogens with one attached hydrogen (secondary N) is 1.